The van der Waals surface area contributed by atoms with Crippen molar-refractivity contribution in [2.24, 2.45) is 5.92 Å². The summed E-state index contributed by atoms with van der Waals surface area (Å²) in [5.74, 6) is -2.08. The van der Waals surface area contributed by atoms with Gasteiger partial charge in [-0.1, -0.05) is 96.8 Å². The molecule has 316 valence electrons. The zero-order chi connectivity index (χ0) is 41.5. The number of ether oxygens (including phenoxy) is 2. The van der Waals surface area contributed by atoms with E-state index in [-0.39, 0.29) is 30.3 Å². The third kappa shape index (κ3) is 17.5. The molecule has 57 heavy (non-hydrogen) atoms. The summed E-state index contributed by atoms with van der Waals surface area (Å²) in [5, 5.41) is 55.1. The number of benzene rings is 1. The second-order valence-electron chi connectivity index (χ2n) is 14.3. The van der Waals surface area contributed by atoms with Crippen LogP contribution in [0.2, 0.25) is 0 Å². The molecule has 0 saturated heterocycles. The summed E-state index contributed by atoms with van der Waals surface area (Å²) >= 11 is 0. The summed E-state index contributed by atoms with van der Waals surface area (Å²) in [7, 11) is -4.87. The molecule has 0 spiro atoms. The Labute approximate surface area is 335 Å². The monoisotopic (exact) mass is 818 g/mol. The Morgan fingerprint density at radius 3 is 2.09 bits per heavy atom. The molecule has 2 aromatic heterocycles. The van der Waals surface area contributed by atoms with Gasteiger partial charge in [-0.3, -0.25) is 9.05 Å². The van der Waals surface area contributed by atoms with Crippen LogP contribution in [-0.2, 0) is 29.7 Å². The van der Waals surface area contributed by atoms with E-state index in [9.17, 15) is 39.7 Å². The third-order valence-electron chi connectivity index (χ3n) is 9.67. The second-order valence-corrected chi connectivity index (χ2v) is 15.8. The SMILES string of the molecule is CCCCCCCCCCCCCCCCCOC[C@H](COP(=O)(O)OC[C@H](C#N)[C@@H](O)[C@@H](O)[C@@H](O)c1ccc2c(N)ncnn12)OCc1cc(F)cc(C#N)c1. The Bertz CT molecular complexity index is 1740. The van der Waals surface area contributed by atoms with Crippen molar-refractivity contribution in [3.05, 3.63) is 59.3 Å². The van der Waals surface area contributed by atoms with Gasteiger partial charge in [-0.2, -0.15) is 15.6 Å². The number of phosphoric acid groups is 1. The van der Waals surface area contributed by atoms with Gasteiger partial charge in [0.1, 0.15) is 42.1 Å². The number of anilines is 1. The highest BCUT2D eigenvalue weighted by Crippen LogP contribution is 2.44. The molecule has 0 aliphatic heterocycles. The van der Waals surface area contributed by atoms with Crippen molar-refractivity contribution in [2.45, 2.75) is 134 Å². The standard InChI is InChI=1S/C40H60FN6O9P/c1-2-3-4-5-6-7-8-9-10-11-12-13-14-15-16-19-53-27-34(54-25-31-20-30(23-42)21-33(41)22-31)28-56-57(51,52)55-26-32(24-43)37(48)39(50)38(49)35-17-18-36-40(44)45-29-46-47(35)36/h17-18,20-22,29,32,34,37-39,48-50H,2-16,19,25-28H2,1H3,(H,51,52)(H2,44,45,46)/t32-,34+,37+,38-,39+/m0/s1. The first-order valence-electron chi connectivity index (χ1n) is 20.0. The Hall–Kier alpha value is -3.54. The first kappa shape index (κ1) is 47.8. The van der Waals surface area contributed by atoms with Crippen molar-refractivity contribution in [3.8, 4) is 12.1 Å². The van der Waals surface area contributed by atoms with Crippen molar-refractivity contribution < 1.29 is 47.7 Å². The number of halogens is 1. The second kappa shape index (κ2) is 26.5. The topological polar surface area (TPSA) is 239 Å². The van der Waals surface area contributed by atoms with Crippen LogP contribution < -0.4 is 5.73 Å². The van der Waals surface area contributed by atoms with Gasteiger partial charge in [0.05, 0.1) is 55.7 Å². The molecule has 0 aliphatic rings. The summed E-state index contributed by atoms with van der Waals surface area (Å²) in [6.45, 7) is 1.12. The molecule has 1 unspecified atom stereocenters. The fourth-order valence-corrected chi connectivity index (χ4v) is 7.12. The Morgan fingerprint density at radius 1 is 0.860 bits per heavy atom. The van der Waals surface area contributed by atoms with E-state index in [0.717, 1.165) is 31.7 Å². The summed E-state index contributed by atoms with van der Waals surface area (Å²) in [5.41, 5.74) is 6.67. The van der Waals surface area contributed by atoms with E-state index in [1.807, 2.05) is 6.07 Å². The van der Waals surface area contributed by atoms with E-state index >= 15 is 0 Å². The van der Waals surface area contributed by atoms with E-state index in [1.165, 1.54) is 106 Å². The van der Waals surface area contributed by atoms with Crippen LogP contribution in [-0.4, -0.2) is 79.6 Å². The van der Waals surface area contributed by atoms with Crippen molar-refractivity contribution in [2.75, 3.05) is 32.2 Å². The molecule has 0 aliphatic carbocycles. The number of phosphoric ester groups is 1. The Kier molecular flexibility index (Phi) is 22.2. The summed E-state index contributed by atoms with van der Waals surface area (Å²) in [4.78, 5) is 14.3. The Morgan fingerprint density at radius 2 is 1.47 bits per heavy atom. The lowest BCUT2D eigenvalue weighted by atomic mass is 9.95. The van der Waals surface area contributed by atoms with Crippen LogP contribution in [0.1, 0.15) is 126 Å². The molecule has 0 radical (unpaired) electrons. The maximum Gasteiger partial charge on any atom is 0.472 e. The summed E-state index contributed by atoms with van der Waals surface area (Å²) < 4.78 is 49.9. The van der Waals surface area contributed by atoms with Crippen LogP contribution >= 0.6 is 7.82 Å². The molecule has 0 amide bonds. The number of hydrogen-bond acceptors (Lipinski definition) is 13. The van der Waals surface area contributed by atoms with Gasteiger partial charge in [0.25, 0.3) is 0 Å². The zero-order valence-electron chi connectivity index (χ0n) is 33.0. The molecule has 0 fully saturated rings. The van der Waals surface area contributed by atoms with Gasteiger partial charge in [0.15, 0.2) is 5.82 Å². The first-order valence-corrected chi connectivity index (χ1v) is 21.5. The van der Waals surface area contributed by atoms with Crippen LogP contribution in [0.4, 0.5) is 10.2 Å². The minimum Gasteiger partial charge on any atom is -0.389 e. The molecular weight excluding hydrogens is 758 g/mol. The van der Waals surface area contributed by atoms with Crippen molar-refractivity contribution >= 4 is 19.2 Å². The normalized spacial score (nSPS) is 15.4. The third-order valence-corrected chi connectivity index (χ3v) is 10.6. The molecule has 6 N–H and O–H groups in total. The van der Waals surface area contributed by atoms with Crippen molar-refractivity contribution in [1.82, 2.24) is 14.6 Å². The average molecular weight is 819 g/mol. The molecule has 0 bridgehead atoms. The molecule has 3 rings (SSSR count). The van der Waals surface area contributed by atoms with Gasteiger partial charge in [-0.05, 0) is 42.3 Å². The molecule has 2 heterocycles. The van der Waals surface area contributed by atoms with Crippen LogP contribution in [0.25, 0.3) is 5.52 Å². The summed E-state index contributed by atoms with van der Waals surface area (Å²) in [6, 6.07) is 10.2. The number of rotatable bonds is 31. The van der Waals surface area contributed by atoms with Crippen LogP contribution in [0.3, 0.4) is 0 Å². The van der Waals surface area contributed by atoms with E-state index in [4.69, 9.17) is 24.3 Å². The highest BCUT2D eigenvalue weighted by molar-refractivity contribution is 7.47. The lowest BCUT2D eigenvalue weighted by Gasteiger charge is -2.26. The number of aromatic nitrogens is 3. The van der Waals surface area contributed by atoms with Crippen LogP contribution in [0.5, 0.6) is 0 Å². The maximum atomic E-state index is 14.0. The molecule has 17 heteroatoms. The number of nitrogens with zero attached hydrogens (tertiary/aromatic N) is 5. The van der Waals surface area contributed by atoms with Crippen molar-refractivity contribution in [1.29, 1.82) is 10.5 Å². The number of nitrogen functional groups attached to an aromatic ring is 1. The van der Waals surface area contributed by atoms with Gasteiger partial charge in [0, 0.05) is 6.61 Å². The quantitative estimate of drug-likeness (QED) is 0.0331. The van der Waals surface area contributed by atoms with E-state index in [2.05, 4.69) is 17.0 Å². The fraction of sp³-hybridized carbons (Fsp3) is 0.650. The van der Waals surface area contributed by atoms with Crippen LogP contribution in [0.15, 0.2) is 36.7 Å². The van der Waals surface area contributed by atoms with Gasteiger partial charge in [-0.25, -0.2) is 18.5 Å². The molecule has 1 aromatic carbocycles. The lowest BCUT2D eigenvalue weighted by molar-refractivity contribution is -0.0826. The number of unbranched alkanes of at least 4 members (excludes halogenated alkanes) is 14. The summed E-state index contributed by atoms with van der Waals surface area (Å²) in [6.07, 6.45) is 13.1. The number of aliphatic hydroxyl groups excluding tert-OH is 3. The molecule has 0 saturated carbocycles. The number of nitriles is 2. The van der Waals surface area contributed by atoms with E-state index in [0.29, 0.717) is 17.7 Å². The number of aliphatic hydroxyl groups is 3. The maximum absolute atomic E-state index is 14.0. The largest absolute Gasteiger partial charge is 0.472 e. The number of fused-ring (bicyclic) bond motifs is 1. The lowest BCUT2D eigenvalue weighted by Crippen LogP contribution is -2.39. The highest BCUT2D eigenvalue weighted by atomic mass is 31.2. The van der Waals surface area contributed by atoms with Gasteiger partial charge >= 0.3 is 7.82 Å². The van der Waals surface area contributed by atoms with Gasteiger partial charge in [0.2, 0.25) is 0 Å². The first-order chi connectivity index (χ1) is 27.5. The molecule has 15 nitrogen and oxygen atoms in total. The minimum absolute atomic E-state index is 0.0341. The smallest absolute Gasteiger partial charge is 0.389 e. The van der Waals surface area contributed by atoms with Gasteiger partial charge in [-0.15, -0.1) is 0 Å². The van der Waals surface area contributed by atoms with Crippen LogP contribution in [0, 0.1) is 34.4 Å². The minimum atomic E-state index is -4.87. The number of nitrogens with two attached hydrogens (primary N) is 1. The van der Waals surface area contributed by atoms with Crippen molar-refractivity contribution in [3.63, 3.8) is 0 Å². The molecule has 3 aromatic rings. The molecule has 6 atom stereocenters. The zero-order valence-corrected chi connectivity index (χ0v) is 33.9. The predicted molar refractivity (Wildman–Crippen MR) is 211 cm³/mol. The average Bonchev–Trinajstić information content (AvgIpc) is 3.64. The van der Waals surface area contributed by atoms with E-state index < -0.39 is 57.2 Å². The van der Waals surface area contributed by atoms with E-state index in [1.54, 1.807) is 6.07 Å². The molecular formula is C40H60FN6O9P. The number of hydrogen-bond donors (Lipinski definition) is 5. The van der Waals surface area contributed by atoms with Gasteiger partial charge < -0.3 is 35.4 Å². The fourth-order valence-electron chi connectivity index (χ4n) is 6.34. The Balaban J connectivity index is 1.43. The highest BCUT2D eigenvalue weighted by Gasteiger charge is 2.36. The predicted octanol–water partition coefficient (Wildman–Crippen LogP) is 6.82.